The summed E-state index contributed by atoms with van der Waals surface area (Å²) in [4.78, 5) is 2.31. The van der Waals surface area contributed by atoms with E-state index in [0.717, 1.165) is 13.1 Å². The van der Waals surface area contributed by atoms with E-state index < -0.39 is 0 Å². The molecule has 2 aromatic rings. The molecule has 0 bridgehead atoms. The van der Waals surface area contributed by atoms with Crippen LogP contribution in [-0.2, 0) is 20.1 Å². The third-order valence-electron chi connectivity index (χ3n) is 3.31. The fourth-order valence-electron chi connectivity index (χ4n) is 2.24. The SMILES string of the molecule is CC(C)c1ccc(CN(C)Cc2cnn(C)c2)cc1. The van der Waals surface area contributed by atoms with Crippen LogP contribution in [0.4, 0.5) is 0 Å². The Morgan fingerprint density at radius 3 is 2.26 bits per heavy atom. The first-order valence-electron chi connectivity index (χ1n) is 6.79. The molecule has 0 unspecified atom stereocenters. The van der Waals surface area contributed by atoms with Gasteiger partial charge in [-0.3, -0.25) is 9.58 Å². The van der Waals surface area contributed by atoms with Crippen molar-refractivity contribution in [2.75, 3.05) is 7.05 Å². The molecule has 0 spiro atoms. The van der Waals surface area contributed by atoms with Crippen LogP contribution in [0, 0.1) is 0 Å². The van der Waals surface area contributed by atoms with E-state index in [0.29, 0.717) is 5.92 Å². The highest BCUT2D eigenvalue weighted by molar-refractivity contribution is 5.24. The zero-order chi connectivity index (χ0) is 13.8. The van der Waals surface area contributed by atoms with Gasteiger partial charge in [-0.25, -0.2) is 0 Å². The summed E-state index contributed by atoms with van der Waals surface area (Å²) in [5, 5.41) is 4.20. The molecule has 1 aromatic heterocycles. The molecule has 0 atom stereocenters. The molecule has 0 saturated carbocycles. The van der Waals surface area contributed by atoms with Gasteiger partial charge in [0.05, 0.1) is 6.20 Å². The number of aryl methyl sites for hydroxylation is 1. The van der Waals surface area contributed by atoms with E-state index in [1.165, 1.54) is 16.7 Å². The molecule has 3 nitrogen and oxygen atoms in total. The quantitative estimate of drug-likeness (QED) is 0.820. The molecule has 2 rings (SSSR count). The first-order valence-corrected chi connectivity index (χ1v) is 6.79. The fourth-order valence-corrected chi connectivity index (χ4v) is 2.24. The van der Waals surface area contributed by atoms with Gasteiger partial charge in [-0.1, -0.05) is 38.1 Å². The summed E-state index contributed by atoms with van der Waals surface area (Å²) in [5.74, 6) is 0.599. The molecule has 3 heteroatoms. The minimum atomic E-state index is 0.599. The van der Waals surface area contributed by atoms with E-state index in [2.05, 4.69) is 61.4 Å². The molecule has 1 heterocycles. The second-order valence-corrected chi connectivity index (χ2v) is 5.59. The molecule has 0 aliphatic heterocycles. The van der Waals surface area contributed by atoms with E-state index in [4.69, 9.17) is 0 Å². The third kappa shape index (κ3) is 3.93. The lowest BCUT2D eigenvalue weighted by atomic mass is 10.0. The van der Waals surface area contributed by atoms with Gasteiger partial charge in [0.1, 0.15) is 0 Å². The summed E-state index contributed by atoms with van der Waals surface area (Å²) in [7, 11) is 4.09. The molecular weight excluding hydrogens is 234 g/mol. The van der Waals surface area contributed by atoms with Crippen molar-refractivity contribution in [3.63, 3.8) is 0 Å². The number of nitrogens with zero attached hydrogens (tertiary/aromatic N) is 3. The zero-order valence-corrected chi connectivity index (χ0v) is 12.3. The first kappa shape index (κ1) is 13.8. The number of benzene rings is 1. The van der Waals surface area contributed by atoms with Gasteiger partial charge >= 0.3 is 0 Å². The summed E-state index contributed by atoms with van der Waals surface area (Å²) in [5.41, 5.74) is 4.01. The monoisotopic (exact) mass is 257 g/mol. The van der Waals surface area contributed by atoms with Crippen LogP contribution in [-0.4, -0.2) is 21.7 Å². The van der Waals surface area contributed by atoms with Crippen LogP contribution >= 0.6 is 0 Å². The van der Waals surface area contributed by atoms with Crippen LogP contribution in [0.5, 0.6) is 0 Å². The fraction of sp³-hybridized carbons (Fsp3) is 0.438. The standard InChI is InChI=1S/C16H23N3/c1-13(2)16-7-5-14(6-8-16)10-18(3)11-15-9-17-19(4)12-15/h5-9,12-13H,10-11H2,1-4H3. The Balaban J connectivity index is 1.93. The smallest absolute Gasteiger partial charge is 0.0534 e. The Morgan fingerprint density at radius 1 is 1.11 bits per heavy atom. The molecule has 0 radical (unpaired) electrons. The van der Waals surface area contributed by atoms with Crippen molar-refractivity contribution in [1.82, 2.24) is 14.7 Å². The predicted octanol–water partition coefficient (Wildman–Crippen LogP) is 3.18. The summed E-state index contributed by atoms with van der Waals surface area (Å²) < 4.78 is 1.85. The molecule has 19 heavy (non-hydrogen) atoms. The average Bonchev–Trinajstić information content (AvgIpc) is 2.75. The maximum Gasteiger partial charge on any atom is 0.0534 e. The van der Waals surface area contributed by atoms with Crippen LogP contribution in [0.2, 0.25) is 0 Å². The predicted molar refractivity (Wildman–Crippen MR) is 78.9 cm³/mol. The Bertz CT molecular complexity index is 511. The number of hydrogen-bond acceptors (Lipinski definition) is 2. The van der Waals surface area contributed by atoms with E-state index in [1.807, 2.05) is 17.9 Å². The number of aromatic nitrogens is 2. The largest absolute Gasteiger partial charge is 0.298 e. The van der Waals surface area contributed by atoms with Crippen molar-refractivity contribution >= 4 is 0 Å². The van der Waals surface area contributed by atoms with Crippen molar-refractivity contribution in [2.24, 2.45) is 7.05 Å². The number of rotatable bonds is 5. The Labute approximate surface area is 115 Å². The van der Waals surface area contributed by atoms with Crippen LogP contribution < -0.4 is 0 Å². The zero-order valence-electron chi connectivity index (χ0n) is 12.3. The van der Waals surface area contributed by atoms with Gasteiger partial charge < -0.3 is 0 Å². The number of hydrogen-bond donors (Lipinski definition) is 0. The lowest BCUT2D eigenvalue weighted by molar-refractivity contribution is 0.319. The first-order chi connectivity index (χ1) is 9.04. The van der Waals surface area contributed by atoms with Gasteiger partial charge in [0.2, 0.25) is 0 Å². The second kappa shape index (κ2) is 6.02. The molecule has 0 saturated heterocycles. The summed E-state index contributed by atoms with van der Waals surface area (Å²) in [6.45, 7) is 6.35. The van der Waals surface area contributed by atoms with E-state index in [9.17, 15) is 0 Å². The Hall–Kier alpha value is -1.61. The maximum atomic E-state index is 4.20. The molecule has 0 amide bonds. The third-order valence-corrected chi connectivity index (χ3v) is 3.31. The van der Waals surface area contributed by atoms with Gasteiger partial charge in [-0.15, -0.1) is 0 Å². The minimum absolute atomic E-state index is 0.599. The topological polar surface area (TPSA) is 21.1 Å². The van der Waals surface area contributed by atoms with Crippen molar-refractivity contribution in [1.29, 1.82) is 0 Å². The normalized spacial score (nSPS) is 11.5. The average molecular weight is 257 g/mol. The van der Waals surface area contributed by atoms with E-state index >= 15 is 0 Å². The van der Waals surface area contributed by atoms with Crippen molar-refractivity contribution in [3.8, 4) is 0 Å². The second-order valence-electron chi connectivity index (χ2n) is 5.59. The highest BCUT2D eigenvalue weighted by Gasteiger charge is 2.04. The summed E-state index contributed by atoms with van der Waals surface area (Å²) >= 11 is 0. The maximum absolute atomic E-state index is 4.20. The van der Waals surface area contributed by atoms with Crippen molar-refractivity contribution < 1.29 is 0 Å². The lowest BCUT2D eigenvalue weighted by Crippen LogP contribution is -2.16. The molecule has 102 valence electrons. The molecule has 0 fully saturated rings. The Morgan fingerprint density at radius 2 is 1.74 bits per heavy atom. The van der Waals surface area contributed by atoms with E-state index in [-0.39, 0.29) is 0 Å². The molecule has 1 aromatic carbocycles. The van der Waals surface area contributed by atoms with Crippen molar-refractivity contribution in [2.45, 2.75) is 32.9 Å². The van der Waals surface area contributed by atoms with Crippen LogP contribution in [0.1, 0.15) is 36.5 Å². The van der Waals surface area contributed by atoms with Crippen LogP contribution in [0.3, 0.4) is 0 Å². The molecular formula is C16H23N3. The van der Waals surface area contributed by atoms with Crippen LogP contribution in [0.15, 0.2) is 36.7 Å². The summed E-state index contributed by atoms with van der Waals surface area (Å²) in [6, 6.07) is 8.93. The highest BCUT2D eigenvalue weighted by atomic mass is 15.2. The molecule has 0 aliphatic carbocycles. The van der Waals surface area contributed by atoms with Crippen molar-refractivity contribution in [3.05, 3.63) is 53.3 Å². The van der Waals surface area contributed by atoms with Gasteiger partial charge in [0.25, 0.3) is 0 Å². The van der Waals surface area contributed by atoms with Crippen LogP contribution in [0.25, 0.3) is 0 Å². The van der Waals surface area contributed by atoms with Gasteiger partial charge in [0, 0.05) is 31.9 Å². The highest BCUT2D eigenvalue weighted by Crippen LogP contribution is 2.15. The minimum Gasteiger partial charge on any atom is -0.298 e. The lowest BCUT2D eigenvalue weighted by Gasteiger charge is -2.16. The molecule has 0 N–H and O–H groups in total. The van der Waals surface area contributed by atoms with Gasteiger partial charge in [-0.05, 0) is 24.1 Å². The van der Waals surface area contributed by atoms with Gasteiger partial charge in [-0.2, -0.15) is 5.10 Å². The van der Waals surface area contributed by atoms with E-state index in [1.54, 1.807) is 0 Å². The van der Waals surface area contributed by atoms with Gasteiger partial charge in [0.15, 0.2) is 0 Å². The summed E-state index contributed by atoms with van der Waals surface area (Å²) in [6.07, 6.45) is 4.00. The molecule has 0 aliphatic rings. The Kier molecular flexibility index (Phi) is 4.38.